The minimum Gasteiger partial charge on any atom is -0.377 e. The van der Waals surface area contributed by atoms with Crippen LogP contribution in [0.3, 0.4) is 0 Å². The van der Waals surface area contributed by atoms with Gasteiger partial charge < -0.3 is 14.5 Å². The van der Waals surface area contributed by atoms with Crippen LogP contribution in [0.15, 0.2) is 0 Å². The first-order valence-corrected chi connectivity index (χ1v) is 7.67. The first-order valence-electron chi connectivity index (χ1n) is 7.67. The average Bonchev–Trinajstić information content (AvgIpc) is 2.42. The van der Waals surface area contributed by atoms with Gasteiger partial charge in [0, 0.05) is 26.7 Å². The van der Waals surface area contributed by atoms with Crippen LogP contribution in [-0.2, 0) is 4.74 Å². The van der Waals surface area contributed by atoms with E-state index in [4.69, 9.17) is 4.74 Å². The number of hydrogen-bond donors (Lipinski definition) is 0. The molecule has 2 aliphatic rings. The molecule has 0 atom stereocenters. The molecule has 0 spiro atoms. The van der Waals surface area contributed by atoms with E-state index in [1.54, 1.807) is 0 Å². The van der Waals surface area contributed by atoms with Gasteiger partial charge in [-0.15, -0.1) is 0 Å². The predicted octanol–water partition coefficient (Wildman–Crippen LogP) is 2.22. The van der Waals surface area contributed by atoms with Gasteiger partial charge in [0.15, 0.2) is 0 Å². The standard InChI is InChI=1S/C15H30N2O/c1-4-16-11-7-15(18-3,8-12-16)13-17-9-5-14(2)6-10-17/h14H,4-13H2,1-3H3. The Morgan fingerprint density at radius 1 is 1.06 bits per heavy atom. The third-order valence-corrected chi connectivity index (χ3v) is 5.04. The SMILES string of the molecule is CCN1CCC(CN2CCC(C)CC2)(OC)CC1. The molecule has 0 unspecified atom stereocenters. The van der Waals surface area contributed by atoms with Crippen LogP contribution in [0.5, 0.6) is 0 Å². The van der Waals surface area contributed by atoms with Crippen molar-refractivity contribution >= 4 is 0 Å². The lowest BCUT2D eigenvalue weighted by atomic mass is 9.89. The molecule has 2 rings (SSSR count). The zero-order valence-electron chi connectivity index (χ0n) is 12.5. The van der Waals surface area contributed by atoms with Crippen molar-refractivity contribution in [1.29, 1.82) is 0 Å². The molecule has 2 heterocycles. The highest BCUT2D eigenvalue weighted by Crippen LogP contribution is 2.28. The lowest BCUT2D eigenvalue weighted by molar-refractivity contribution is -0.0792. The molecule has 0 N–H and O–H groups in total. The largest absolute Gasteiger partial charge is 0.377 e. The second-order valence-electron chi connectivity index (χ2n) is 6.28. The van der Waals surface area contributed by atoms with E-state index in [-0.39, 0.29) is 5.60 Å². The maximum absolute atomic E-state index is 5.93. The highest BCUT2D eigenvalue weighted by molar-refractivity contribution is 4.91. The number of ether oxygens (including phenoxy) is 1. The Balaban J connectivity index is 1.85. The minimum atomic E-state index is 0.131. The summed E-state index contributed by atoms with van der Waals surface area (Å²) in [5, 5.41) is 0. The van der Waals surface area contributed by atoms with Crippen molar-refractivity contribution in [1.82, 2.24) is 9.80 Å². The van der Waals surface area contributed by atoms with E-state index in [0.29, 0.717) is 0 Å². The third-order valence-electron chi connectivity index (χ3n) is 5.04. The smallest absolute Gasteiger partial charge is 0.0829 e. The quantitative estimate of drug-likeness (QED) is 0.765. The average molecular weight is 254 g/mol. The second kappa shape index (κ2) is 6.36. The van der Waals surface area contributed by atoms with Crippen molar-refractivity contribution in [2.45, 2.75) is 45.1 Å². The van der Waals surface area contributed by atoms with Crippen LogP contribution in [0, 0.1) is 5.92 Å². The molecule has 18 heavy (non-hydrogen) atoms. The Morgan fingerprint density at radius 2 is 1.67 bits per heavy atom. The fourth-order valence-electron chi connectivity index (χ4n) is 3.33. The van der Waals surface area contributed by atoms with Gasteiger partial charge in [-0.25, -0.2) is 0 Å². The molecule has 3 heteroatoms. The summed E-state index contributed by atoms with van der Waals surface area (Å²) in [6.07, 6.45) is 5.12. The lowest BCUT2D eigenvalue weighted by Crippen LogP contribution is -2.53. The number of methoxy groups -OCH3 is 1. The number of rotatable bonds is 4. The van der Waals surface area contributed by atoms with Crippen LogP contribution >= 0.6 is 0 Å². The highest BCUT2D eigenvalue weighted by Gasteiger charge is 2.36. The maximum Gasteiger partial charge on any atom is 0.0829 e. The summed E-state index contributed by atoms with van der Waals surface area (Å²) in [6, 6.07) is 0. The normalized spacial score (nSPS) is 27.5. The molecular formula is C15H30N2O. The minimum absolute atomic E-state index is 0.131. The van der Waals surface area contributed by atoms with E-state index in [0.717, 1.165) is 12.5 Å². The first kappa shape index (κ1) is 14.3. The molecule has 3 nitrogen and oxygen atoms in total. The third kappa shape index (κ3) is 3.46. The van der Waals surface area contributed by atoms with Crippen LogP contribution in [0.2, 0.25) is 0 Å². The molecule has 0 bridgehead atoms. The Morgan fingerprint density at radius 3 is 2.17 bits per heavy atom. The molecule has 0 amide bonds. The Kier molecular flexibility index (Phi) is 5.05. The zero-order valence-corrected chi connectivity index (χ0v) is 12.5. The molecule has 0 radical (unpaired) electrons. The number of hydrogen-bond acceptors (Lipinski definition) is 3. The Bertz CT molecular complexity index is 241. The van der Waals surface area contributed by atoms with Gasteiger partial charge in [0.1, 0.15) is 0 Å². The van der Waals surface area contributed by atoms with Crippen molar-refractivity contribution in [2.24, 2.45) is 5.92 Å². The monoisotopic (exact) mass is 254 g/mol. The highest BCUT2D eigenvalue weighted by atomic mass is 16.5. The lowest BCUT2D eigenvalue weighted by Gasteiger charge is -2.44. The van der Waals surface area contributed by atoms with E-state index in [2.05, 4.69) is 23.6 Å². The fourth-order valence-corrected chi connectivity index (χ4v) is 3.33. The van der Waals surface area contributed by atoms with E-state index in [1.807, 2.05) is 7.11 Å². The van der Waals surface area contributed by atoms with Gasteiger partial charge in [0.25, 0.3) is 0 Å². The van der Waals surface area contributed by atoms with Crippen LogP contribution in [-0.4, -0.2) is 61.8 Å². The van der Waals surface area contributed by atoms with Gasteiger partial charge in [-0.05, 0) is 51.2 Å². The summed E-state index contributed by atoms with van der Waals surface area (Å²) >= 11 is 0. The van der Waals surface area contributed by atoms with Gasteiger partial charge in [0.2, 0.25) is 0 Å². The molecule has 2 aliphatic heterocycles. The topological polar surface area (TPSA) is 15.7 Å². The summed E-state index contributed by atoms with van der Waals surface area (Å²) in [5.41, 5.74) is 0.131. The molecule has 0 aromatic rings. The van der Waals surface area contributed by atoms with Gasteiger partial charge in [0.05, 0.1) is 5.60 Å². The molecule has 0 aromatic heterocycles. The van der Waals surface area contributed by atoms with Crippen LogP contribution in [0.1, 0.15) is 39.5 Å². The maximum atomic E-state index is 5.93. The predicted molar refractivity (Wildman–Crippen MR) is 75.9 cm³/mol. The fraction of sp³-hybridized carbons (Fsp3) is 1.00. The number of nitrogens with zero attached hydrogens (tertiary/aromatic N) is 2. The molecule has 0 saturated carbocycles. The van der Waals surface area contributed by atoms with E-state index in [1.165, 1.54) is 58.4 Å². The number of piperidine rings is 2. The second-order valence-corrected chi connectivity index (χ2v) is 6.28. The summed E-state index contributed by atoms with van der Waals surface area (Å²) in [4.78, 5) is 5.17. The van der Waals surface area contributed by atoms with Crippen molar-refractivity contribution in [2.75, 3.05) is 46.4 Å². The van der Waals surface area contributed by atoms with Crippen LogP contribution in [0.4, 0.5) is 0 Å². The Labute approximate surface area is 112 Å². The van der Waals surface area contributed by atoms with Crippen molar-refractivity contribution in [3.63, 3.8) is 0 Å². The summed E-state index contributed by atoms with van der Waals surface area (Å²) in [6.45, 7) is 11.9. The van der Waals surface area contributed by atoms with E-state index in [9.17, 15) is 0 Å². The van der Waals surface area contributed by atoms with E-state index < -0.39 is 0 Å². The number of likely N-dealkylation sites (tertiary alicyclic amines) is 2. The molecule has 0 aliphatic carbocycles. The van der Waals surface area contributed by atoms with E-state index >= 15 is 0 Å². The molecular weight excluding hydrogens is 224 g/mol. The van der Waals surface area contributed by atoms with Crippen LogP contribution < -0.4 is 0 Å². The van der Waals surface area contributed by atoms with Gasteiger partial charge in [-0.3, -0.25) is 0 Å². The molecule has 0 aromatic carbocycles. The van der Waals surface area contributed by atoms with Gasteiger partial charge in [-0.2, -0.15) is 0 Å². The van der Waals surface area contributed by atoms with Crippen molar-refractivity contribution in [3.05, 3.63) is 0 Å². The molecule has 2 saturated heterocycles. The van der Waals surface area contributed by atoms with Crippen molar-refractivity contribution < 1.29 is 4.74 Å². The summed E-state index contributed by atoms with van der Waals surface area (Å²) < 4.78 is 5.93. The first-order chi connectivity index (χ1) is 8.67. The zero-order chi connectivity index (χ0) is 13.0. The summed E-state index contributed by atoms with van der Waals surface area (Å²) in [5.74, 6) is 0.918. The molecule has 2 fully saturated rings. The van der Waals surface area contributed by atoms with Gasteiger partial charge in [-0.1, -0.05) is 13.8 Å². The van der Waals surface area contributed by atoms with Gasteiger partial charge >= 0.3 is 0 Å². The van der Waals surface area contributed by atoms with Crippen LogP contribution in [0.25, 0.3) is 0 Å². The van der Waals surface area contributed by atoms with Crippen molar-refractivity contribution in [3.8, 4) is 0 Å². The molecule has 106 valence electrons. The summed E-state index contributed by atoms with van der Waals surface area (Å²) in [7, 11) is 1.91. The Hall–Kier alpha value is -0.120.